The Hall–Kier alpha value is -1.04. The summed E-state index contributed by atoms with van der Waals surface area (Å²) in [5.41, 5.74) is 4.34. The smallest absolute Gasteiger partial charge is 0.00129 e. The van der Waals surface area contributed by atoms with E-state index in [9.17, 15) is 0 Å². The molecule has 0 aromatic heterocycles. The van der Waals surface area contributed by atoms with Crippen LogP contribution in [0, 0.1) is 6.92 Å². The molecule has 1 aromatic rings. The van der Waals surface area contributed by atoms with E-state index in [2.05, 4.69) is 38.6 Å². The Labute approximate surface area is 86.7 Å². The minimum Gasteiger partial charge on any atom is -0.102 e. The van der Waals surface area contributed by atoms with Crippen LogP contribution in [0.5, 0.6) is 0 Å². The van der Waals surface area contributed by atoms with Crippen molar-refractivity contribution in [2.24, 2.45) is 0 Å². The van der Waals surface area contributed by atoms with E-state index < -0.39 is 0 Å². The first-order valence-corrected chi connectivity index (χ1v) is 5.44. The molecule has 14 heavy (non-hydrogen) atoms. The SMILES string of the molecule is C=CC(C)c1cc(C)cc(C2CC2)c1. The van der Waals surface area contributed by atoms with Crippen molar-refractivity contribution in [2.45, 2.75) is 38.5 Å². The van der Waals surface area contributed by atoms with Crippen LogP contribution in [0.25, 0.3) is 0 Å². The van der Waals surface area contributed by atoms with Gasteiger partial charge in [-0.25, -0.2) is 0 Å². The van der Waals surface area contributed by atoms with Crippen LogP contribution < -0.4 is 0 Å². The normalized spacial score (nSPS) is 17.9. The molecule has 74 valence electrons. The highest BCUT2D eigenvalue weighted by Gasteiger charge is 2.24. The second-order valence-electron chi connectivity index (χ2n) is 4.48. The lowest BCUT2D eigenvalue weighted by Gasteiger charge is -2.10. The maximum atomic E-state index is 3.86. The van der Waals surface area contributed by atoms with Gasteiger partial charge in [-0.05, 0) is 42.7 Å². The molecule has 0 heterocycles. The topological polar surface area (TPSA) is 0 Å². The molecule has 0 nitrogen and oxygen atoms in total. The van der Waals surface area contributed by atoms with Gasteiger partial charge >= 0.3 is 0 Å². The molecule has 2 rings (SSSR count). The summed E-state index contributed by atoms with van der Waals surface area (Å²) in [5, 5.41) is 0. The Kier molecular flexibility index (Phi) is 2.45. The summed E-state index contributed by atoms with van der Waals surface area (Å²) in [6, 6.07) is 6.96. The minimum atomic E-state index is 0.479. The summed E-state index contributed by atoms with van der Waals surface area (Å²) in [7, 11) is 0. The lowest BCUT2D eigenvalue weighted by molar-refractivity contribution is 0.955. The van der Waals surface area contributed by atoms with Gasteiger partial charge in [0.15, 0.2) is 0 Å². The first-order chi connectivity index (χ1) is 6.70. The Morgan fingerprint density at radius 1 is 1.36 bits per heavy atom. The first kappa shape index (κ1) is 9.51. The number of allylic oxidation sites excluding steroid dienone is 1. The molecular formula is C14H18. The van der Waals surface area contributed by atoms with Crippen LogP contribution in [0.3, 0.4) is 0 Å². The molecule has 0 heteroatoms. The van der Waals surface area contributed by atoms with Gasteiger partial charge < -0.3 is 0 Å². The molecular weight excluding hydrogens is 168 g/mol. The van der Waals surface area contributed by atoms with E-state index in [0.717, 1.165) is 5.92 Å². The highest BCUT2D eigenvalue weighted by Crippen LogP contribution is 2.41. The van der Waals surface area contributed by atoms with Crippen LogP contribution in [-0.2, 0) is 0 Å². The third kappa shape index (κ3) is 1.89. The summed E-state index contributed by atoms with van der Waals surface area (Å²) < 4.78 is 0. The molecule has 0 spiro atoms. The zero-order chi connectivity index (χ0) is 10.1. The molecule has 1 aliphatic rings. The average molecular weight is 186 g/mol. The van der Waals surface area contributed by atoms with Crippen molar-refractivity contribution >= 4 is 0 Å². The van der Waals surface area contributed by atoms with Crippen molar-refractivity contribution in [1.82, 2.24) is 0 Å². The fourth-order valence-corrected chi connectivity index (χ4v) is 1.89. The highest BCUT2D eigenvalue weighted by molar-refractivity contribution is 5.36. The van der Waals surface area contributed by atoms with E-state index in [4.69, 9.17) is 0 Å². The van der Waals surface area contributed by atoms with E-state index >= 15 is 0 Å². The van der Waals surface area contributed by atoms with Crippen molar-refractivity contribution in [3.63, 3.8) is 0 Å². The van der Waals surface area contributed by atoms with Crippen LogP contribution in [-0.4, -0.2) is 0 Å². The van der Waals surface area contributed by atoms with Gasteiger partial charge in [-0.2, -0.15) is 0 Å². The maximum absolute atomic E-state index is 3.86. The van der Waals surface area contributed by atoms with Crippen LogP contribution in [0.4, 0.5) is 0 Å². The fourth-order valence-electron chi connectivity index (χ4n) is 1.89. The van der Waals surface area contributed by atoms with E-state index in [0.29, 0.717) is 5.92 Å². The molecule has 0 aliphatic heterocycles. The second-order valence-corrected chi connectivity index (χ2v) is 4.48. The Bertz CT molecular complexity index is 345. The van der Waals surface area contributed by atoms with E-state index in [-0.39, 0.29) is 0 Å². The molecule has 1 atom stereocenters. The van der Waals surface area contributed by atoms with Gasteiger partial charge in [0.25, 0.3) is 0 Å². The van der Waals surface area contributed by atoms with Crippen LogP contribution in [0.1, 0.15) is 48.3 Å². The zero-order valence-electron chi connectivity index (χ0n) is 9.09. The molecule has 1 fully saturated rings. The Balaban J connectivity index is 2.35. The number of benzene rings is 1. The molecule has 0 saturated heterocycles. The monoisotopic (exact) mass is 186 g/mol. The number of rotatable bonds is 3. The summed E-state index contributed by atoms with van der Waals surface area (Å²) in [5.74, 6) is 1.33. The molecule has 1 aliphatic carbocycles. The fraction of sp³-hybridized carbons (Fsp3) is 0.429. The van der Waals surface area contributed by atoms with Gasteiger partial charge in [0.2, 0.25) is 0 Å². The Morgan fingerprint density at radius 3 is 2.64 bits per heavy atom. The second kappa shape index (κ2) is 3.61. The van der Waals surface area contributed by atoms with Gasteiger partial charge in [0.05, 0.1) is 0 Å². The molecule has 1 saturated carbocycles. The summed E-state index contributed by atoms with van der Waals surface area (Å²) in [6.45, 7) is 8.25. The van der Waals surface area contributed by atoms with E-state index in [1.165, 1.54) is 29.5 Å². The van der Waals surface area contributed by atoms with Crippen molar-refractivity contribution < 1.29 is 0 Å². The molecule has 1 aromatic carbocycles. The standard InChI is InChI=1S/C14H18/c1-4-11(3)13-7-10(2)8-14(9-13)12-5-6-12/h4,7-9,11-12H,1,5-6H2,2-3H3. The van der Waals surface area contributed by atoms with E-state index in [1.54, 1.807) is 0 Å². The van der Waals surface area contributed by atoms with Crippen molar-refractivity contribution in [3.05, 3.63) is 47.5 Å². The molecule has 0 N–H and O–H groups in total. The highest BCUT2D eigenvalue weighted by atomic mass is 14.3. The zero-order valence-corrected chi connectivity index (χ0v) is 9.09. The van der Waals surface area contributed by atoms with Gasteiger partial charge in [-0.15, -0.1) is 6.58 Å². The van der Waals surface area contributed by atoms with Crippen molar-refractivity contribution in [1.29, 1.82) is 0 Å². The quantitative estimate of drug-likeness (QED) is 0.622. The summed E-state index contributed by atoms with van der Waals surface area (Å²) in [4.78, 5) is 0. The predicted molar refractivity (Wildman–Crippen MR) is 61.8 cm³/mol. The molecule has 0 amide bonds. The summed E-state index contributed by atoms with van der Waals surface area (Å²) in [6.07, 6.45) is 4.78. The lowest BCUT2D eigenvalue weighted by atomic mass is 9.95. The third-order valence-corrected chi connectivity index (χ3v) is 3.05. The van der Waals surface area contributed by atoms with E-state index in [1.807, 2.05) is 6.08 Å². The van der Waals surface area contributed by atoms with Crippen molar-refractivity contribution in [2.75, 3.05) is 0 Å². The third-order valence-electron chi connectivity index (χ3n) is 3.05. The molecule has 0 radical (unpaired) electrons. The van der Waals surface area contributed by atoms with Crippen molar-refractivity contribution in [3.8, 4) is 0 Å². The van der Waals surface area contributed by atoms with Crippen LogP contribution >= 0.6 is 0 Å². The predicted octanol–water partition coefficient (Wildman–Crippen LogP) is 4.16. The Morgan fingerprint density at radius 2 is 2.07 bits per heavy atom. The lowest BCUT2D eigenvalue weighted by Crippen LogP contribution is -1.92. The average Bonchev–Trinajstić information content (AvgIpc) is 2.98. The summed E-state index contributed by atoms with van der Waals surface area (Å²) >= 11 is 0. The minimum absolute atomic E-state index is 0.479. The first-order valence-electron chi connectivity index (χ1n) is 5.44. The van der Waals surface area contributed by atoms with Crippen LogP contribution in [0.15, 0.2) is 30.9 Å². The number of aryl methyl sites for hydroxylation is 1. The number of hydrogen-bond donors (Lipinski definition) is 0. The molecule has 1 unspecified atom stereocenters. The largest absolute Gasteiger partial charge is 0.102 e. The maximum Gasteiger partial charge on any atom is -0.00129 e. The van der Waals surface area contributed by atoms with Crippen LogP contribution in [0.2, 0.25) is 0 Å². The van der Waals surface area contributed by atoms with Gasteiger partial charge in [0.1, 0.15) is 0 Å². The van der Waals surface area contributed by atoms with Gasteiger partial charge in [-0.3, -0.25) is 0 Å². The number of hydrogen-bond acceptors (Lipinski definition) is 0. The molecule has 0 bridgehead atoms. The van der Waals surface area contributed by atoms with Gasteiger partial charge in [-0.1, -0.05) is 36.8 Å². The van der Waals surface area contributed by atoms with Gasteiger partial charge in [0, 0.05) is 0 Å².